The molecule has 5 aliphatic rings. The van der Waals surface area contributed by atoms with Crippen LogP contribution >= 0.6 is 0 Å². The molecule has 5 aliphatic heterocycles. The van der Waals surface area contributed by atoms with Crippen LogP contribution in [0.5, 0.6) is 0 Å². The number of carbonyl (C=O) groups excluding carboxylic acids is 2. The van der Waals surface area contributed by atoms with Crippen molar-refractivity contribution < 1.29 is 49.0 Å². The molecule has 1 unspecified atom stereocenters. The Bertz CT molecular complexity index is 1530. The van der Waals surface area contributed by atoms with Gasteiger partial charge < -0.3 is 19.5 Å². The number of aromatic nitrogens is 3. The normalized spacial score (nSPS) is 17.4. The van der Waals surface area contributed by atoms with Crippen LogP contribution in [0, 0.1) is 6.92 Å². The standard InChI is InChI=1S/C30H30N4O4.Na/c1-19-25-9-10-27-29(19)31-32-34(27)12-2-14-38-18-20-3-5-22(6-4-20)30(37)33-13-11-21-7-8-23(15-24(21)17-33)26(25)16-28(35)36;/h3-10,15,26H,2,11-14,16-18H2,1H3,(H,35,36);/q;+1/p-1. The van der Waals surface area contributed by atoms with E-state index < -0.39 is 11.9 Å². The molecule has 9 rings (SSSR count). The molecule has 0 radical (unpaired) electrons. The third-order valence-corrected chi connectivity index (χ3v) is 7.79. The van der Waals surface area contributed by atoms with Crippen LogP contribution in [-0.2, 0) is 35.6 Å². The molecular weight excluding hydrogens is 503 g/mol. The van der Waals surface area contributed by atoms with Gasteiger partial charge in [-0.2, -0.15) is 0 Å². The van der Waals surface area contributed by atoms with Gasteiger partial charge >= 0.3 is 29.6 Å². The number of carboxylic acids is 1. The average Bonchev–Trinajstić information content (AvgIpc) is 3.34. The quantitative estimate of drug-likeness (QED) is 0.341. The van der Waals surface area contributed by atoms with E-state index in [1.807, 2.05) is 59.0 Å². The molecule has 1 amide bonds. The SMILES string of the molecule is Cc1c2ccc3c1nnn3CCCOCc1ccc(cc1)C(=O)N1CCc3ccc(cc3C1)C2CC(=O)[O-].[Na+]. The first-order valence-corrected chi connectivity index (χ1v) is 13.1. The Morgan fingerprint density at radius 2 is 1.90 bits per heavy atom. The van der Waals surface area contributed by atoms with E-state index in [1.54, 1.807) is 0 Å². The number of hydrogen-bond acceptors (Lipinski definition) is 6. The van der Waals surface area contributed by atoms with Crippen LogP contribution in [0.3, 0.4) is 0 Å². The van der Waals surface area contributed by atoms with Crippen molar-refractivity contribution in [1.29, 1.82) is 0 Å². The molecule has 1 aromatic heterocycles. The van der Waals surface area contributed by atoms with Crippen molar-refractivity contribution in [2.24, 2.45) is 0 Å². The summed E-state index contributed by atoms with van der Waals surface area (Å²) in [5.41, 5.74) is 8.30. The number of carbonyl (C=O) groups is 2. The predicted octanol–water partition coefficient (Wildman–Crippen LogP) is 0.134. The van der Waals surface area contributed by atoms with E-state index >= 15 is 0 Å². The van der Waals surface area contributed by atoms with Crippen molar-refractivity contribution in [3.8, 4) is 0 Å². The van der Waals surface area contributed by atoms with E-state index in [-0.39, 0.29) is 41.9 Å². The zero-order chi connectivity index (χ0) is 26.2. The predicted molar refractivity (Wildman–Crippen MR) is 139 cm³/mol. The Labute approximate surface area is 249 Å². The number of nitrogens with zero attached hydrogens (tertiary/aromatic N) is 4. The summed E-state index contributed by atoms with van der Waals surface area (Å²) >= 11 is 0. The van der Waals surface area contributed by atoms with Gasteiger partial charge in [0, 0.05) is 43.7 Å². The smallest absolute Gasteiger partial charge is 0.550 e. The number of aryl methyl sites for hydroxylation is 2. The molecular formula is C30H29N4NaO4. The summed E-state index contributed by atoms with van der Waals surface area (Å²) in [5, 5.41) is 20.7. The molecule has 9 heteroatoms. The second-order valence-electron chi connectivity index (χ2n) is 10.2. The summed E-state index contributed by atoms with van der Waals surface area (Å²) in [4.78, 5) is 27.0. The van der Waals surface area contributed by atoms with Gasteiger partial charge in [-0.1, -0.05) is 41.6 Å². The zero-order valence-corrected chi connectivity index (χ0v) is 24.4. The molecule has 0 saturated heterocycles. The van der Waals surface area contributed by atoms with Crippen LogP contribution in [0.2, 0.25) is 0 Å². The second kappa shape index (κ2) is 11.6. The first-order valence-electron chi connectivity index (χ1n) is 13.1. The molecule has 0 N–H and O–H groups in total. The molecule has 0 fully saturated rings. The minimum absolute atomic E-state index is 0. The Morgan fingerprint density at radius 3 is 2.69 bits per heavy atom. The Hall–Kier alpha value is -3.04. The van der Waals surface area contributed by atoms with Gasteiger partial charge in [0.05, 0.1) is 12.1 Å². The van der Waals surface area contributed by atoms with Crippen molar-refractivity contribution in [2.75, 3.05) is 13.2 Å². The van der Waals surface area contributed by atoms with Gasteiger partial charge in [-0.3, -0.25) is 4.79 Å². The maximum absolute atomic E-state index is 13.3. The summed E-state index contributed by atoms with van der Waals surface area (Å²) in [5.74, 6) is -1.52. The third kappa shape index (κ3) is 5.52. The van der Waals surface area contributed by atoms with Gasteiger partial charge in [-0.15, -0.1) is 5.10 Å². The fourth-order valence-electron chi connectivity index (χ4n) is 5.70. The van der Waals surface area contributed by atoms with Crippen LogP contribution in [-0.4, -0.2) is 44.9 Å². The maximum atomic E-state index is 13.3. The van der Waals surface area contributed by atoms with Crippen LogP contribution in [0.25, 0.3) is 11.0 Å². The summed E-state index contributed by atoms with van der Waals surface area (Å²) in [7, 11) is 0. The van der Waals surface area contributed by atoms with E-state index in [9.17, 15) is 14.7 Å². The number of carboxylic acid groups (broad SMARTS) is 1. The van der Waals surface area contributed by atoms with Crippen LogP contribution in [0.1, 0.15) is 62.5 Å². The van der Waals surface area contributed by atoms with E-state index in [0.717, 1.165) is 51.7 Å². The van der Waals surface area contributed by atoms with Crippen molar-refractivity contribution in [3.05, 3.63) is 93.5 Å². The van der Waals surface area contributed by atoms with Gasteiger partial charge in [0.1, 0.15) is 5.52 Å². The number of hydrogen-bond donors (Lipinski definition) is 0. The van der Waals surface area contributed by atoms with Crippen LogP contribution in [0.4, 0.5) is 0 Å². The number of benzene rings is 3. The number of ether oxygens (including phenoxy) is 1. The van der Waals surface area contributed by atoms with E-state index in [0.29, 0.717) is 38.4 Å². The number of rotatable bonds is 2. The summed E-state index contributed by atoms with van der Waals surface area (Å²) in [6.45, 7) is 4.81. The summed E-state index contributed by atoms with van der Waals surface area (Å²) in [6, 6.07) is 17.7. The van der Waals surface area contributed by atoms with Gasteiger partial charge in [-0.05, 0) is 77.8 Å². The van der Waals surface area contributed by atoms with E-state index in [4.69, 9.17) is 4.74 Å². The topological polar surface area (TPSA) is 100 Å². The zero-order valence-electron chi connectivity index (χ0n) is 22.4. The summed E-state index contributed by atoms with van der Waals surface area (Å²) in [6.07, 6.45) is 1.38. The molecule has 8 nitrogen and oxygen atoms in total. The van der Waals surface area contributed by atoms with Crippen molar-refractivity contribution >= 4 is 22.9 Å². The minimum atomic E-state index is -1.11. The number of aliphatic carboxylic acids is 1. The molecule has 9 bridgehead atoms. The second-order valence-corrected chi connectivity index (χ2v) is 10.2. The molecule has 39 heavy (non-hydrogen) atoms. The molecule has 194 valence electrons. The first kappa shape index (κ1) is 27.5. The fourth-order valence-corrected chi connectivity index (χ4v) is 5.70. The average molecular weight is 533 g/mol. The van der Waals surface area contributed by atoms with Crippen molar-refractivity contribution in [3.63, 3.8) is 0 Å². The number of amides is 1. The molecule has 4 aromatic rings. The van der Waals surface area contributed by atoms with Gasteiger partial charge in [0.25, 0.3) is 5.91 Å². The van der Waals surface area contributed by atoms with E-state index in [2.05, 4.69) is 22.4 Å². The third-order valence-electron chi connectivity index (χ3n) is 7.79. The van der Waals surface area contributed by atoms with Crippen molar-refractivity contribution in [2.45, 2.75) is 51.8 Å². The molecule has 6 heterocycles. The van der Waals surface area contributed by atoms with E-state index in [1.165, 1.54) is 5.56 Å². The Morgan fingerprint density at radius 1 is 1.08 bits per heavy atom. The van der Waals surface area contributed by atoms with Crippen molar-refractivity contribution in [1.82, 2.24) is 19.9 Å². The maximum Gasteiger partial charge on any atom is 1.00 e. The minimum Gasteiger partial charge on any atom is -0.550 e. The monoisotopic (exact) mass is 532 g/mol. The molecule has 1 atom stereocenters. The Kier molecular flexibility index (Phi) is 8.19. The molecule has 3 aromatic carbocycles. The van der Waals surface area contributed by atoms with Gasteiger partial charge in [0.2, 0.25) is 0 Å². The van der Waals surface area contributed by atoms with Gasteiger partial charge in [0.15, 0.2) is 0 Å². The fraction of sp³-hybridized carbons (Fsp3) is 0.333. The Balaban J connectivity index is 0.00000308. The molecule has 0 spiro atoms. The largest absolute Gasteiger partial charge is 1.00 e. The van der Waals surface area contributed by atoms with Gasteiger partial charge in [-0.25, -0.2) is 4.68 Å². The molecule has 0 aliphatic carbocycles. The molecule has 0 saturated carbocycles. The first-order chi connectivity index (χ1) is 18.5. The summed E-state index contributed by atoms with van der Waals surface area (Å²) < 4.78 is 7.75. The van der Waals surface area contributed by atoms with Crippen LogP contribution < -0.4 is 34.7 Å². The van der Waals surface area contributed by atoms with Crippen LogP contribution in [0.15, 0.2) is 54.6 Å².